The van der Waals surface area contributed by atoms with Crippen LogP contribution in [-0.4, -0.2) is 49.9 Å². The van der Waals surface area contributed by atoms with Gasteiger partial charge in [-0.1, -0.05) is 6.92 Å². The molecule has 0 radical (unpaired) electrons. The third-order valence-electron chi connectivity index (χ3n) is 4.40. The normalized spacial score (nSPS) is 16.8. The van der Waals surface area contributed by atoms with E-state index in [-0.39, 0.29) is 11.8 Å². The zero-order valence-electron chi connectivity index (χ0n) is 14.2. The van der Waals surface area contributed by atoms with Gasteiger partial charge in [0, 0.05) is 31.5 Å². The van der Waals surface area contributed by atoms with E-state index in [0.717, 1.165) is 37.4 Å². The Morgan fingerprint density at radius 3 is 2.75 bits per heavy atom. The number of carbonyl (C=O) groups excluding carboxylic acids is 1. The van der Waals surface area contributed by atoms with Crippen molar-refractivity contribution in [1.29, 1.82) is 0 Å². The minimum atomic E-state index is -0.0580. The average molecular weight is 328 g/mol. The summed E-state index contributed by atoms with van der Waals surface area (Å²) in [4.78, 5) is 14.5. The fraction of sp³-hybridized carbons (Fsp3) is 0.529. The first kappa shape index (κ1) is 16.4. The first-order chi connectivity index (χ1) is 11.6. The molecule has 1 amide bonds. The molecule has 0 bridgehead atoms. The molecule has 1 saturated heterocycles. The van der Waals surface area contributed by atoms with Crippen LogP contribution in [0.25, 0.3) is 0 Å². The highest BCUT2D eigenvalue weighted by Gasteiger charge is 2.26. The van der Waals surface area contributed by atoms with Crippen LogP contribution in [0, 0.1) is 12.8 Å². The maximum atomic E-state index is 12.6. The number of rotatable bonds is 5. The molecule has 1 aliphatic rings. The molecule has 1 N–H and O–H groups in total. The van der Waals surface area contributed by atoms with E-state index in [0.29, 0.717) is 12.6 Å². The SMILES string of the molecule is Cc1ccc(NC2CCN(C(=O)C(C)Cn3cccn3)CC2)nn1. The van der Waals surface area contributed by atoms with Gasteiger partial charge >= 0.3 is 0 Å². The maximum absolute atomic E-state index is 12.6. The second-order valence-corrected chi connectivity index (χ2v) is 6.43. The molecular formula is C17H24N6O. The van der Waals surface area contributed by atoms with Crippen LogP contribution in [0.1, 0.15) is 25.5 Å². The molecule has 2 aromatic rings. The zero-order chi connectivity index (χ0) is 16.9. The van der Waals surface area contributed by atoms with Gasteiger partial charge in [-0.2, -0.15) is 10.2 Å². The van der Waals surface area contributed by atoms with Gasteiger partial charge in [-0.05, 0) is 38.0 Å². The van der Waals surface area contributed by atoms with Crippen LogP contribution >= 0.6 is 0 Å². The van der Waals surface area contributed by atoms with Crippen molar-refractivity contribution in [3.8, 4) is 0 Å². The number of nitrogens with zero attached hydrogens (tertiary/aromatic N) is 5. The number of amides is 1. The Hall–Kier alpha value is -2.44. The van der Waals surface area contributed by atoms with Crippen molar-refractivity contribution >= 4 is 11.7 Å². The van der Waals surface area contributed by atoms with Gasteiger partial charge in [0.25, 0.3) is 0 Å². The average Bonchev–Trinajstić information content (AvgIpc) is 3.10. The summed E-state index contributed by atoms with van der Waals surface area (Å²) in [6.07, 6.45) is 5.48. The van der Waals surface area contributed by atoms with Gasteiger partial charge in [0.05, 0.1) is 18.2 Å². The molecule has 1 fully saturated rings. The van der Waals surface area contributed by atoms with Crippen LogP contribution in [0.4, 0.5) is 5.82 Å². The molecule has 7 nitrogen and oxygen atoms in total. The van der Waals surface area contributed by atoms with Crippen LogP contribution in [0.5, 0.6) is 0 Å². The molecular weight excluding hydrogens is 304 g/mol. The molecule has 0 aliphatic carbocycles. The van der Waals surface area contributed by atoms with E-state index in [9.17, 15) is 4.79 Å². The lowest BCUT2D eigenvalue weighted by atomic mass is 10.0. The Morgan fingerprint density at radius 1 is 1.33 bits per heavy atom. The first-order valence-electron chi connectivity index (χ1n) is 8.45. The van der Waals surface area contributed by atoms with Crippen molar-refractivity contribution in [3.05, 3.63) is 36.3 Å². The van der Waals surface area contributed by atoms with Gasteiger partial charge in [-0.25, -0.2) is 0 Å². The van der Waals surface area contributed by atoms with Crippen molar-refractivity contribution in [3.63, 3.8) is 0 Å². The van der Waals surface area contributed by atoms with E-state index in [2.05, 4.69) is 20.6 Å². The first-order valence-corrected chi connectivity index (χ1v) is 8.45. The Balaban J connectivity index is 1.47. The second-order valence-electron chi connectivity index (χ2n) is 6.43. The summed E-state index contributed by atoms with van der Waals surface area (Å²) in [5.41, 5.74) is 0.909. The Morgan fingerprint density at radius 2 is 2.12 bits per heavy atom. The van der Waals surface area contributed by atoms with Gasteiger partial charge in [-0.15, -0.1) is 5.10 Å². The fourth-order valence-electron chi connectivity index (χ4n) is 3.01. The minimum Gasteiger partial charge on any atom is -0.366 e. The molecule has 3 heterocycles. The molecule has 0 spiro atoms. The van der Waals surface area contributed by atoms with Crippen LogP contribution in [0.15, 0.2) is 30.6 Å². The summed E-state index contributed by atoms with van der Waals surface area (Å²) < 4.78 is 1.81. The van der Waals surface area contributed by atoms with E-state index in [1.165, 1.54) is 0 Å². The van der Waals surface area contributed by atoms with Crippen molar-refractivity contribution in [2.24, 2.45) is 5.92 Å². The standard InChI is InChI=1S/C17H24N6O/c1-13(12-23-9-3-8-18-23)17(24)22-10-6-15(7-11-22)19-16-5-4-14(2)20-21-16/h3-5,8-9,13,15H,6-7,10-12H2,1-2H3,(H,19,21). The summed E-state index contributed by atoms with van der Waals surface area (Å²) in [6.45, 7) is 6.07. The summed E-state index contributed by atoms with van der Waals surface area (Å²) in [7, 11) is 0. The largest absolute Gasteiger partial charge is 0.366 e. The van der Waals surface area contributed by atoms with Gasteiger partial charge < -0.3 is 10.2 Å². The summed E-state index contributed by atoms with van der Waals surface area (Å²) in [6, 6.07) is 6.12. The number of likely N-dealkylation sites (tertiary alicyclic amines) is 1. The summed E-state index contributed by atoms with van der Waals surface area (Å²) in [5, 5.41) is 15.8. The highest BCUT2D eigenvalue weighted by molar-refractivity contribution is 5.78. The van der Waals surface area contributed by atoms with Crippen LogP contribution in [0.2, 0.25) is 0 Å². The number of anilines is 1. The van der Waals surface area contributed by atoms with Gasteiger partial charge in [0.2, 0.25) is 5.91 Å². The minimum absolute atomic E-state index is 0.0580. The van der Waals surface area contributed by atoms with Crippen LogP contribution < -0.4 is 5.32 Å². The van der Waals surface area contributed by atoms with Gasteiger partial charge in [0.1, 0.15) is 5.82 Å². The molecule has 2 aromatic heterocycles. The van der Waals surface area contributed by atoms with Crippen LogP contribution in [-0.2, 0) is 11.3 Å². The monoisotopic (exact) mass is 328 g/mol. The van der Waals surface area contributed by atoms with Crippen molar-refractivity contribution < 1.29 is 4.79 Å². The molecule has 1 atom stereocenters. The third kappa shape index (κ3) is 4.10. The molecule has 1 unspecified atom stereocenters. The lowest BCUT2D eigenvalue weighted by Crippen LogP contribution is -2.45. The quantitative estimate of drug-likeness (QED) is 0.904. The molecule has 3 rings (SSSR count). The number of aryl methyl sites for hydroxylation is 1. The highest BCUT2D eigenvalue weighted by atomic mass is 16.2. The van der Waals surface area contributed by atoms with Crippen molar-refractivity contribution in [2.75, 3.05) is 18.4 Å². The van der Waals surface area contributed by atoms with E-state index in [4.69, 9.17) is 0 Å². The molecule has 24 heavy (non-hydrogen) atoms. The van der Waals surface area contributed by atoms with Crippen molar-refractivity contribution in [2.45, 2.75) is 39.3 Å². The Kier molecular flexibility index (Phi) is 5.08. The Labute approximate surface area is 142 Å². The lowest BCUT2D eigenvalue weighted by Gasteiger charge is -2.34. The summed E-state index contributed by atoms with van der Waals surface area (Å²) >= 11 is 0. The molecule has 0 aromatic carbocycles. The van der Waals surface area contributed by atoms with E-state index < -0.39 is 0 Å². The van der Waals surface area contributed by atoms with Gasteiger partial charge in [-0.3, -0.25) is 9.48 Å². The van der Waals surface area contributed by atoms with E-state index in [1.54, 1.807) is 6.20 Å². The number of nitrogens with one attached hydrogen (secondary N) is 1. The third-order valence-corrected chi connectivity index (χ3v) is 4.40. The predicted octanol–water partition coefficient (Wildman–Crippen LogP) is 1.72. The number of aromatic nitrogens is 4. The molecule has 7 heteroatoms. The summed E-state index contributed by atoms with van der Waals surface area (Å²) in [5.74, 6) is 0.953. The number of carbonyl (C=O) groups is 1. The van der Waals surface area contributed by atoms with Gasteiger partial charge in [0.15, 0.2) is 0 Å². The smallest absolute Gasteiger partial charge is 0.227 e. The number of piperidine rings is 1. The second kappa shape index (κ2) is 7.42. The number of hydrogen-bond donors (Lipinski definition) is 1. The van der Waals surface area contributed by atoms with Crippen molar-refractivity contribution in [1.82, 2.24) is 24.9 Å². The topological polar surface area (TPSA) is 75.9 Å². The Bertz CT molecular complexity index is 646. The van der Waals surface area contributed by atoms with E-state index in [1.807, 2.05) is 47.8 Å². The van der Waals surface area contributed by atoms with E-state index >= 15 is 0 Å². The number of hydrogen-bond acceptors (Lipinski definition) is 5. The fourth-order valence-corrected chi connectivity index (χ4v) is 3.01. The maximum Gasteiger partial charge on any atom is 0.227 e. The predicted molar refractivity (Wildman–Crippen MR) is 91.4 cm³/mol. The lowest BCUT2D eigenvalue weighted by molar-refractivity contribution is -0.136. The molecule has 1 aliphatic heterocycles. The zero-order valence-corrected chi connectivity index (χ0v) is 14.2. The highest BCUT2D eigenvalue weighted by Crippen LogP contribution is 2.17. The molecule has 0 saturated carbocycles. The van der Waals surface area contributed by atoms with Crippen LogP contribution in [0.3, 0.4) is 0 Å². The molecule has 128 valence electrons.